The number of aliphatic hydroxyl groups excluding tert-OH is 1. The molecule has 21 heavy (non-hydrogen) atoms. The van der Waals surface area contributed by atoms with Gasteiger partial charge in [-0.2, -0.15) is 0 Å². The summed E-state index contributed by atoms with van der Waals surface area (Å²) in [6.45, 7) is 1.64. The van der Waals surface area contributed by atoms with Crippen LogP contribution in [0.3, 0.4) is 0 Å². The molecule has 6 heteroatoms. The number of thiophene rings is 1. The van der Waals surface area contributed by atoms with Crippen LogP contribution in [0.5, 0.6) is 0 Å². The van der Waals surface area contributed by atoms with Crippen molar-refractivity contribution in [2.24, 2.45) is 0 Å². The molecular formula is C15H17NO3S2. The molecule has 0 saturated carbocycles. The summed E-state index contributed by atoms with van der Waals surface area (Å²) >= 11 is 1.32. The molecule has 0 atom stereocenters. The third-order valence-electron chi connectivity index (χ3n) is 3.74. The number of fused-ring (bicyclic) bond motifs is 1. The van der Waals surface area contributed by atoms with Crippen molar-refractivity contribution >= 4 is 21.4 Å². The summed E-state index contributed by atoms with van der Waals surface area (Å²) < 4.78 is 27.8. The van der Waals surface area contributed by atoms with Crippen molar-refractivity contribution in [2.75, 3.05) is 0 Å². The highest BCUT2D eigenvalue weighted by molar-refractivity contribution is 7.89. The molecule has 0 unspecified atom stereocenters. The van der Waals surface area contributed by atoms with Gasteiger partial charge >= 0.3 is 0 Å². The standard InChI is InChI=1S/C15H17NO3S2/c1-10-15(8-14(9-17)20-10)21(18,19)16-13-6-11-4-2-3-5-12(11)7-13/h2-5,8,13,16-17H,6-7,9H2,1H3. The van der Waals surface area contributed by atoms with Crippen LogP contribution in [0.1, 0.15) is 20.9 Å². The average Bonchev–Trinajstić information content (AvgIpc) is 3.00. The van der Waals surface area contributed by atoms with Crippen molar-refractivity contribution in [1.29, 1.82) is 0 Å². The van der Waals surface area contributed by atoms with Crippen LogP contribution in [0.15, 0.2) is 35.2 Å². The summed E-state index contributed by atoms with van der Waals surface area (Å²) in [5.74, 6) is 0. The molecule has 1 heterocycles. The Hall–Kier alpha value is -1.21. The molecule has 2 N–H and O–H groups in total. The van der Waals surface area contributed by atoms with E-state index in [1.165, 1.54) is 22.5 Å². The SMILES string of the molecule is Cc1sc(CO)cc1S(=O)(=O)NC1Cc2ccccc2C1. The van der Waals surface area contributed by atoms with Crippen LogP contribution in [-0.4, -0.2) is 19.6 Å². The van der Waals surface area contributed by atoms with E-state index in [4.69, 9.17) is 5.11 Å². The highest BCUT2D eigenvalue weighted by Crippen LogP contribution is 2.28. The van der Waals surface area contributed by atoms with E-state index in [9.17, 15) is 8.42 Å². The van der Waals surface area contributed by atoms with E-state index >= 15 is 0 Å². The Balaban J connectivity index is 1.80. The highest BCUT2D eigenvalue weighted by atomic mass is 32.2. The number of aliphatic hydroxyl groups is 1. The quantitative estimate of drug-likeness (QED) is 0.904. The maximum atomic E-state index is 12.5. The van der Waals surface area contributed by atoms with E-state index in [1.54, 1.807) is 13.0 Å². The van der Waals surface area contributed by atoms with Crippen molar-refractivity contribution in [3.05, 3.63) is 51.2 Å². The summed E-state index contributed by atoms with van der Waals surface area (Å²) in [4.78, 5) is 1.66. The molecule has 1 aromatic carbocycles. The molecule has 1 aliphatic rings. The Morgan fingerprint density at radius 2 is 1.90 bits per heavy atom. The smallest absolute Gasteiger partial charge is 0.241 e. The molecular weight excluding hydrogens is 306 g/mol. The predicted octanol–water partition coefficient (Wildman–Crippen LogP) is 1.99. The van der Waals surface area contributed by atoms with Gasteiger partial charge in [0.2, 0.25) is 10.0 Å². The van der Waals surface area contributed by atoms with Crippen molar-refractivity contribution in [3.8, 4) is 0 Å². The Morgan fingerprint density at radius 3 is 2.43 bits per heavy atom. The zero-order valence-electron chi connectivity index (χ0n) is 11.7. The lowest BCUT2D eigenvalue weighted by Crippen LogP contribution is -2.35. The fourth-order valence-corrected chi connectivity index (χ4v) is 5.53. The summed E-state index contributed by atoms with van der Waals surface area (Å²) in [6.07, 6.45) is 1.46. The monoisotopic (exact) mass is 323 g/mol. The number of sulfonamides is 1. The first-order valence-corrected chi connectivity index (χ1v) is 9.09. The molecule has 3 rings (SSSR count). The maximum Gasteiger partial charge on any atom is 0.241 e. The van der Waals surface area contributed by atoms with Gasteiger partial charge < -0.3 is 5.11 Å². The van der Waals surface area contributed by atoms with Gasteiger partial charge in [-0.05, 0) is 37.0 Å². The molecule has 112 valence electrons. The Morgan fingerprint density at radius 1 is 1.29 bits per heavy atom. The van der Waals surface area contributed by atoms with E-state index in [0.717, 1.165) is 12.8 Å². The predicted molar refractivity (Wildman–Crippen MR) is 82.9 cm³/mol. The molecule has 0 radical (unpaired) electrons. The van der Waals surface area contributed by atoms with Gasteiger partial charge in [-0.25, -0.2) is 13.1 Å². The molecule has 0 spiro atoms. The van der Waals surface area contributed by atoms with Crippen LogP contribution in [0, 0.1) is 6.92 Å². The van der Waals surface area contributed by atoms with E-state index in [1.807, 2.05) is 24.3 Å². The molecule has 0 amide bonds. The van der Waals surface area contributed by atoms with Crippen molar-refractivity contribution < 1.29 is 13.5 Å². The van der Waals surface area contributed by atoms with Crippen molar-refractivity contribution in [3.63, 3.8) is 0 Å². The van der Waals surface area contributed by atoms with Crippen LogP contribution < -0.4 is 4.72 Å². The number of hydrogen-bond donors (Lipinski definition) is 2. The van der Waals surface area contributed by atoms with Gasteiger partial charge in [0, 0.05) is 15.8 Å². The third kappa shape index (κ3) is 2.89. The summed E-state index contributed by atoms with van der Waals surface area (Å²) in [5.41, 5.74) is 2.42. The number of rotatable bonds is 4. The molecule has 4 nitrogen and oxygen atoms in total. The molecule has 0 bridgehead atoms. The topological polar surface area (TPSA) is 66.4 Å². The summed E-state index contributed by atoms with van der Waals surface area (Å²) in [5, 5.41) is 9.14. The van der Waals surface area contributed by atoms with Crippen LogP contribution in [0.4, 0.5) is 0 Å². The third-order valence-corrected chi connectivity index (χ3v) is 6.55. The second-order valence-electron chi connectivity index (χ2n) is 5.29. The number of nitrogens with one attached hydrogen (secondary N) is 1. The first kappa shape index (κ1) is 14.7. The van der Waals surface area contributed by atoms with Gasteiger partial charge in [0.1, 0.15) is 0 Å². The maximum absolute atomic E-state index is 12.5. The lowest BCUT2D eigenvalue weighted by molar-refractivity contribution is 0.285. The van der Waals surface area contributed by atoms with E-state index < -0.39 is 10.0 Å². The minimum Gasteiger partial charge on any atom is -0.391 e. The van der Waals surface area contributed by atoms with Crippen molar-refractivity contribution in [1.82, 2.24) is 4.72 Å². The van der Waals surface area contributed by atoms with E-state index in [0.29, 0.717) is 9.75 Å². The second-order valence-corrected chi connectivity index (χ2v) is 8.31. The zero-order valence-corrected chi connectivity index (χ0v) is 13.3. The normalized spacial score (nSPS) is 15.3. The largest absolute Gasteiger partial charge is 0.391 e. The van der Waals surface area contributed by atoms with E-state index in [2.05, 4.69) is 4.72 Å². The van der Waals surface area contributed by atoms with Gasteiger partial charge in [0.25, 0.3) is 0 Å². The Kier molecular flexibility index (Phi) is 3.88. The van der Waals surface area contributed by atoms with Crippen LogP contribution in [0.2, 0.25) is 0 Å². The fourth-order valence-electron chi connectivity index (χ4n) is 2.79. The summed E-state index contributed by atoms with van der Waals surface area (Å²) in [7, 11) is -3.53. The molecule has 2 aromatic rings. The van der Waals surface area contributed by atoms with E-state index in [-0.39, 0.29) is 17.5 Å². The summed E-state index contributed by atoms with van der Waals surface area (Å²) in [6, 6.07) is 9.51. The Labute approximate surface area is 128 Å². The minimum absolute atomic E-state index is 0.0933. The molecule has 1 aliphatic carbocycles. The van der Waals surface area contributed by atoms with Gasteiger partial charge in [-0.3, -0.25) is 0 Å². The van der Waals surface area contributed by atoms with Crippen molar-refractivity contribution in [2.45, 2.75) is 37.3 Å². The van der Waals surface area contributed by atoms with Gasteiger partial charge in [-0.15, -0.1) is 11.3 Å². The zero-order chi connectivity index (χ0) is 15.0. The first-order chi connectivity index (χ1) is 9.99. The molecule has 0 fully saturated rings. The first-order valence-electron chi connectivity index (χ1n) is 6.79. The highest BCUT2D eigenvalue weighted by Gasteiger charge is 2.28. The number of hydrogen-bond acceptors (Lipinski definition) is 4. The van der Waals surface area contributed by atoms with Crippen LogP contribution in [0.25, 0.3) is 0 Å². The lowest BCUT2D eigenvalue weighted by atomic mass is 10.1. The average molecular weight is 323 g/mol. The molecule has 0 saturated heterocycles. The fraction of sp³-hybridized carbons (Fsp3) is 0.333. The number of benzene rings is 1. The van der Waals surface area contributed by atoms with Crippen LogP contribution in [-0.2, 0) is 29.5 Å². The van der Waals surface area contributed by atoms with Crippen LogP contribution >= 0.6 is 11.3 Å². The molecule has 0 aliphatic heterocycles. The second kappa shape index (κ2) is 5.53. The van der Waals surface area contributed by atoms with Gasteiger partial charge in [0.05, 0.1) is 11.5 Å². The lowest BCUT2D eigenvalue weighted by Gasteiger charge is -2.12. The number of aryl methyl sites for hydroxylation is 1. The van der Waals surface area contributed by atoms with Gasteiger partial charge in [-0.1, -0.05) is 24.3 Å². The molecule has 1 aromatic heterocycles. The Bertz CT molecular complexity index is 740. The van der Waals surface area contributed by atoms with Gasteiger partial charge in [0.15, 0.2) is 0 Å². The minimum atomic E-state index is -3.53.